The summed E-state index contributed by atoms with van der Waals surface area (Å²) in [4.78, 5) is 0. The normalized spacial score (nSPS) is 13.1. The Morgan fingerprint density at radius 3 is 2.68 bits per heavy atom. The summed E-state index contributed by atoms with van der Waals surface area (Å²) >= 11 is 0. The van der Waals surface area contributed by atoms with Crippen LogP contribution in [0.5, 0.6) is 0 Å². The van der Waals surface area contributed by atoms with E-state index in [1.807, 2.05) is 13.1 Å². The Balaban J connectivity index is 2.06. The molecule has 4 nitrogen and oxygen atoms in total. The Morgan fingerprint density at radius 2 is 2.11 bits per heavy atom. The van der Waals surface area contributed by atoms with Gasteiger partial charge in [0.25, 0.3) is 0 Å². The molecule has 2 rings (SSSR count). The first-order valence-electron chi connectivity index (χ1n) is 7.01. The summed E-state index contributed by atoms with van der Waals surface area (Å²) in [6, 6.07) is 4.88. The maximum absolute atomic E-state index is 5.15. The molecule has 0 amide bonds. The molecular formula is C15H23N3O. The summed E-state index contributed by atoms with van der Waals surface area (Å²) in [6.07, 6.45) is 8.71. The zero-order chi connectivity index (χ0) is 13.7. The number of aromatic nitrogens is 2. The predicted octanol–water partition coefficient (Wildman–Crippen LogP) is 3.34. The van der Waals surface area contributed by atoms with Crippen molar-refractivity contribution in [2.24, 2.45) is 0 Å². The van der Waals surface area contributed by atoms with E-state index in [4.69, 9.17) is 9.52 Å². The molecule has 0 radical (unpaired) electrons. The number of furan rings is 1. The predicted molar refractivity (Wildman–Crippen MR) is 76.1 cm³/mol. The minimum atomic E-state index is 0.254. The average Bonchev–Trinajstić information content (AvgIpc) is 3.09. The summed E-state index contributed by atoms with van der Waals surface area (Å²) in [5.74, 6) is 0. The first kappa shape index (κ1) is 13.9. The molecule has 0 saturated heterocycles. The van der Waals surface area contributed by atoms with Crippen LogP contribution in [0.3, 0.4) is 0 Å². The van der Waals surface area contributed by atoms with Gasteiger partial charge in [0.2, 0.25) is 0 Å². The molecule has 0 bridgehead atoms. The van der Waals surface area contributed by atoms with E-state index in [-0.39, 0.29) is 6.04 Å². The molecule has 2 aromatic rings. The van der Waals surface area contributed by atoms with E-state index in [1.165, 1.54) is 5.56 Å². The Morgan fingerprint density at radius 1 is 1.32 bits per heavy atom. The molecule has 0 saturated carbocycles. The Kier molecular flexibility index (Phi) is 4.80. The maximum Gasteiger partial charge on any atom is 0.0950 e. The third-order valence-electron chi connectivity index (χ3n) is 3.69. The van der Waals surface area contributed by atoms with Crippen LogP contribution in [0.25, 0.3) is 0 Å². The largest absolute Gasteiger partial charge is 0.472 e. The fourth-order valence-corrected chi connectivity index (χ4v) is 2.42. The lowest BCUT2D eigenvalue weighted by molar-refractivity contribution is 0.423. The number of rotatable bonds is 7. The molecule has 0 spiro atoms. The van der Waals surface area contributed by atoms with Crippen molar-refractivity contribution in [3.63, 3.8) is 0 Å². The summed E-state index contributed by atoms with van der Waals surface area (Å²) in [7, 11) is 1.97. The second kappa shape index (κ2) is 6.57. The van der Waals surface area contributed by atoms with Gasteiger partial charge in [0.15, 0.2) is 0 Å². The van der Waals surface area contributed by atoms with Crippen LogP contribution in [-0.2, 0) is 6.42 Å². The van der Waals surface area contributed by atoms with Crippen molar-refractivity contribution in [1.29, 1.82) is 0 Å². The molecule has 1 atom stereocenters. The quantitative estimate of drug-likeness (QED) is 0.831. The van der Waals surface area contributed by atoms with Gasteiger partial charge >= 0.3 is 0 Å². The van der Waals surface area contributed by atoms with Crippen LogP contribution in [0.1, 0.15) is 50.0 Å². The van der Waals surface area contributed by atoms with E-state index in [1.54, 1.807) is 12.5 Å². The first-order valence-corrected chi connectivity index (χ1v) is 7.01. The molecule has 4 heteroatoms. The van der Waals surface area contributed by atoms with Crippen LogP contribution in [-0.4, -0.2) is 16.8 Å². The minimum Gasteiger partial charge on any atom is -0.472 e. The zero-order valence-electron chi connectivity index (χ0n) is 12.0. The van der Waals surface area contributed by atoms with Gasteiger partial charge in [-0.1, -0.05) is 13.8 Å². The molecule has 1 N–H and O–H groups in total. The maximum atomic E-state index is 5.15. The van der Waals surface area contributed by atoms with Gasteiger partial charge in [0, 0.05) is 24.2 Å². The van der Waals surface area contributed by atoms with Gasteiger partial charge in [-0.05, 0) is 32.0 Å². The third-order valence-corrected chi connectivity index (χ3v) is 3.69. The Labute approximate surface area is 114 Å². The van der Waals surface area contributed by atoms with Gasteiger partial charge in [-0.15, -0.1) is 0 Å². The van der Waals surface area contributed by atoms with Gasteiger partial charge in [-0.2, -0.15) is 5.10 Å². The van der Waals surface area contributed by atoms with Crippen LogP contribution in [0.4, 0.5) is 0 Å². The smallest absolute Gasteiger partial charge is 0.0950 e. The standard InChI is InChI=1S/C15H23N3O/c1-4-14(5-2)18-8-6-13(17-18)10-15(16-3)12-7-9-19-11-12/h6-9,11,14-16H,4-5,10H2,1-3H3. The third kappa shape index (κ3) is 3.26. The van der Waals surface area contributed by atoms with Gasteiger partial charge < -0.3 is 9.73 Å². The van der Waals surface area contributed by atoms with E-state index in [9.17, 15) is 0 Å². The molecule has 0 aliphatic rings. The Hall–Kier alpha value is -1.55. The molecule has 2 heterocycles. The molecule has 0 fully saturated rings. The van der Waals surface area contributed by atoms with E-state index >= 15 is 0 Å². The number of nitrogens with zero attached hydrogens (tertiary/aromatic N) is 2. The second-order valence-electron chi connectivity index (χ2n) is 4.86. The van der Waals surface area contributed by atoms with Crippen LogP contribution in [0, 0.1) is 0 Å². The topological polar surface area (TPSA) is 43.0 Å². The van der Waals surface area contributed by atoms with Crippen LogP contribution in [0.15, 0.2) is 35.3 Å². The highest BCUT2D eigenvalue weighted by Gasteiger charge is 2.14. The van der Waals surface area contributed by atoms with Gasteiger partial charge in [0.05, 0.1) is 24.3 Å². The van der Waals surface area contributed by atoms with E-state index in [0.717, 1.165) is 25.0 Å². The summed E-state index contributed by atoms with van der Waals surface area (Å²) < 4.78 is 7.24. The molecule has 19 heavy (non-hydrogen) atoms. The SMILES string of the molecule is CCC(CC)n1ccc(CC(NC)c2ccoc2)n1. The molecule has 0 aliphatic carbocycles. The summed E-state index contributed by atoms with van der Waals surface area (Å²) in [6.45, 7) is 4.41. The highest BCUT2D eigenvalue weighted by Crippen LogP contribution is 2.19. The van der Waals surface area contributed by atoms with E-state index in [2.05, 4.69) is 36.1 Å². The van der Waals surface area contributed by atoms with Crippen molar-refractivity contribution in [2.45, 2.75) is 45.2 Å². The minimum absolute atomic E-state index is 0.254. The highest BCUT2D eigenvalue weighted by atomic mass is 16.3. The van der Waals surface area contributed by atoms with Crippen molar-refractivity contribution >= 4 is 0 Å². The highest BCUT2D eigenvalue weighted by molar-refractivity contribution is 5.15. The molecule has 0 aromatic carbocycles. The van der Waals surface area contributed by atoms with E-state index < -0.39 is 0 Å². The first-order chi connectivity index (χ1) is 9.28. The Bertz CT molecular complexity index is 471. The van der Waals surface area contributed by atoms with Crippen molar-refractivity contribution in [3.8, 4) is 0 Å². The van der Waals surface area contributed by atoms with Gasteiger partial charge in [-0.25, -0.2) is 0 Å². The average molecular weight is 261 g/mol. The van der Waals surface area contributed by atoms with Gasteiger partial charge in [-0.3, -0.25) is 4.68 Å². The van der Waals surface area contributed by atoms with Crippen LogP contribution in [0.2, 0.25) is 0 Å². The van der Waals surface area contributed by atoms with E-state index in [0.29, 0.717) is 6.04 Å². The number of nitrogens with one attached hydrogen (secondary N) is 1. The molecular weight excluding hydrogens is 238 g/mol. The lowest BCUT2D eigenvalue weighted by Crippen LogP contribution is -2.18. The van der Waals surface area contributed by atoms with Gasteiger partial charge in [0.1, 0.15) is 0 Å². The fourth-order valence-electron chi connectivity index (χ4n) is 2.42. The van der Waals surface area contributed by atoms with Crippen LogP contribution >= 0.6 is 0 Å². The van der Waals surface area contributed by atoms with Crippen molar-refractivity contribution in [2.75, 3.05) is 7.05 Å². The number of hydrogen-bond acceptors (Lipinski definition) is 3. The monoisotopic (exact) mass is 261 g/mol. The molecule has 1 unspecified atom stereocenters. The fraction of sp³-hybridized carbons (Fsp3) is 0.533. The van der Waals surface area contributed by atoms with Crippen molar-refractivity contribution in [1.82, 2.24) is 15.1 Å². The lowest BCUT2D eigenvalue weighted by atomic mass is 10.1. The zero-order valence-corrected chi connectivity index (χ0v) is 12.0. The lowest BCUT2D eigenvalue weighted by Gasteiger charge is -2.14. The number of likely N-dealkylation sites (N-methyl/N-ethyl adjacent to an activating group) is 1. The van der Waals surface area contributed by atoms with Crippen molar-refractivity contribution in [3.05, 3.63) is 42.1 Å². The van der Waals surface area contributed by atoms with Crippen molar-refractivity contribution < 1.29 is 4.42 Å². The molecule has 2 aromatic heterocycles. The van der Waals surface area contributed by atoms with Crippen LogP contribution < -0.4 is 5.32 Å². The molecule has 104 valence electrons. The summed E-state index contributed by atoms with van der Waals surface area (Å²) in [5, 5.41) is 8.01. The number of hydrogen-bond donors (Lipinski definition) is 1. The molecule has 0 aliphatic heterocycles. The summed E-state index contributed by atoms with van der Waals surface area (Å²) in [5.41, 5.74) is 2.28. The second-order valence-corrected chi connectivity index (χ2v) is 4.86.